The highest BCUT2D eigenvalue weighted by Crippen LogP contribution is 2.32. The molecule has 0 heterocycles. The number of azo groups is 3. The molecule has 0 amide bonds. The first-order chi connectivity index (χ1) is 25.7. The van der Waals surface area contributed by atoms with E-state index in [1.54, 1.807) is 55.5 Å². The zero-order valence-corrected chi connectivity index (χ0v) is 29.6. The molecular weight excluding hydrogens is 741 g/mol. The highest BCUT2D eigenvalue weighted by Gasteiger charge is 2.18. The van der Waals surface area contributed by atoms with Gasteiger partial charge in [-0.15, -0.1) is 0 Å². The molecule has 18 heteroatoms. The minimum absolute atomic E-state index is 0.0514. The molecule has 54 heavy (non-hydrogen) atoms. The number of ether oxygens (including phenoxy) is 1. The van der Waals surface area contributed by atoms with Gasteiger partial charge < -0.3 is 9.84 Å². The van der Waals surface area contributed by atoms with Gasteiger partial charge in [-0.2, -0.15) is 37.3 Å². The largest absolute Gasteiger partial charge is 0.504 e. The van der Waals surface area contributed by atoms with E-state index in [1.807, 2.05) is 0 Å². The normalized spacial score (nSPS) is 12.7. The standard InChI is InChI=1S/C36H28N6O10S2/c1-2-3-25-9-11-31(22-36(25)54(49,50)51)41-42(45)32-17-5-24(6-18-32)4-7-26-8-10-30(21-35(26)53(46,47)48)40-38-28-14-12-27(13-15-28)37-39-29-16-19-33(44)34(20-29)52-23-43/h2-23H,1H3,(H3-,37,40,41,44,45,46,47,48,49,50,51)/p+1/b3-2+. The molecule has 5 aromatic rings. The van der Waals surface area contributed by atoms with Crippen LogP contribution in [0.4, 0.5) is 34.1 Å². The lowest BCUT2D eigenvalue weighted by Gasteiger charge is -2.04. The summed E-state index contributed by atoms with van der Waals surface area (Å²) in [6.07, 6.45) is 6.14. The van der Waals surface area contributed by atoms with Gasteiger partial charge in [0.05, 0.1) is 27.9 Å². The van der Waals surface area contributed by atoms with Crippen molar-refractivity contribution in [1.82, 2.24) is 0 Å². The van der Waals surface area contributed by atoms with E-state index < -0.39 is 25.1 Å². The Morgan fingerprint density at radius 3 is 1.65 bits per heavy atom. The third-order valence-electron chi connectivity index (χ3n) is 7.22. The van der Waals surface area contributed by atoms with E-state index in [4.69, 9.17) is 0 Å². The van der Waals surface area contributed by atoms with Gasteiger partial charge in [0.15, 0.2) is 11.5 Å². The molecule has 0 saturated carbocycles. The van der Waals surface area contributed by atoms with E-state index in [1.165, 1.54) is 66.7 Å². The smallest absolute Gasteiger partial charge is 0.298 e. The SMILES string of the molecule is C/C=C/c1ccc(N=[N+](O)c2ccc(/C=C/c3ccc(N=Nc4ccc(N=Nc5ccc(O)c(OC=O)c5)cc4)cc3S(=O)(=O)O)cc2)cc1S(=O)(=O)O. The summed E-state index contributed by atoms with van der Waals surface area (Å²) in [5.41, 5.74) is 2.57. The molecular formula is C36H29N6O10S2+. The van der Waals surface area contributed by atoms with Gasteiger partial charge in [-0.1, -0.05) is 36.4 Å². The van der Waals surface area contributed by atoms with Gasteiger partial charge >= 0.3 is 0 Å². The molecule has 0 unspecified atom stereocenters. The van der Waals surface area contributed by atoms with Crippen molar-refractivity contribution < 1.29 is 50.6 Å². The minimum atomic E-state index is -4.68. The second kappa shape index (κ2) is 16.7. The topological polar surface area (TPSA) is 240 Å². The van der Waals surface area contributed by atoms with Crippen LogP contribution in [-0.4, -0.2) is 47.6 Å². The average Bonchev–Trinajstić information content (AvgIpc) is 3.14. The fourth-order valence-electron chi connectivity index (χ4n) is 4.67. The van der Waals surface area contributed by atoms with Crippen molar-refractivity contribution in [3.05, 3.63) is 126 Å². The highest BCUT2D eigenvalue weighted by atomic mass is 32.2. The second-order valence-electron chi connectivity index (χ2n) is 11.0. The Morgan fingerprint density at radius 2 is 1.09 bits per heavy atom. The monoisotopic (exact) mass is 769 g/mol. The number of allylic oxidation sites excluding steroid dienone is 1. The molecule has 0 saturated heterocycles. The zero-order chi connectivity index (χ0) is 38.9. The Morgan fingerprint density at radius 1 is 0.611 bits per heavy atom. The molecule has 0 radical (unpaired) electrons. The van der Waals surface area contributed by atoms with Crippen molar-refractivity contribution >= 4 is 79.1 Å². The Bertz CT molecular complexity index is 2570. The molecule has 274 valence electrons. The number of nitrogens with zero attached hydrogens (tertiary/aromatic N) is 6. The van der Waals surface area contributed by atoms with Crippen molar-refractivity contribution in [3.8, 4) is 11.5 Å². The summed E-state index contributed by atoms with van der Waals surface area (Å²) in [7, 11) is -9.23. The number of hydrogen-bond donors (Lipinski definition) is 4. The van der Waals surface area contributed by atoms with Crippen LogP contribution in [0.1, 0.15) is 23.6 Å². The fourth-order valence-corrected chi connectivity index (χ4v) is 6.08. The molecule has 0 aliphatic heterocycles. The van der Waals surface area contributed by atoms with Crippen molar-refractivity contribution in [2.24, 2.45) is 25.6 Å². The Balaban J connectivity index is 1.28. The molecule has 0 aliphatic rings. The van der Waals surface area contributed by atoms with E-state index >= 15 is 0 Å². The summed E-state index contributed by atoms with van der Waals surface area (Å²) in [6, 6.07) is 24.8. The van der Waals surface area contributed by atoms with Crippen LogP contribution in [0, 0.1) is 0 Å². The molecule has 0 bridgehead atoms. The lowest BCUT2D eigenvalue weighted by molar-refractivity contribution is -0.761. The molecule has 5 rings (SSSR count). The maximum atomic E-state index is 12.3. The summed E-state index contributed by atoms with van der Waals surface area (Å²) in [4.78, 5) is 10.3. The first-order valence-electron chi connectivity index (χ1n) is 15.4. The first-order valence-corrected chi connectivity index (χ1v) is 18.3. The van der Waals surface area contributed by atoms with Crippen LogP contribution in [-0.2, 0) is 25.0 Å². The van der Waals surface area contributed by atoms with E-state index in [2.05, 4.69) is 30.3 Å². The Labute approximate surface area is 308 Å². The number of phenols is 1. The first kappa shape index (κ1) is 38.5. The summed E-state index contributed by atoms with van der Waals surface area (Å²) >= 11 is 0. The lowest BCUT2D eigenvalue weighted by atomic mass is 10.1. The van der Waals surface area contributed by atoms with Gasteiger partial charge in [0, 0.05) is 18.2 Å². The fraction of sp³-hybridized carbons (Fsp3) is 0.0278. The van der Waals surface area contributed by atoms with Crippen LogP contribution in [0.25, 0.3) is 18.2 Å². The van der Waals surface area contributed by atoms with Crippen LogP contribution in [0.15, 0.2) is 145 Å². The predicted octanol–water partition coefficient (Wildman–Crippen LogP) is 9.27. The zero-order valence-electron chi connectivity index (χ0n) is 27.9. The number of hydrogen-bond acceptors (Lipinski definition) is 12. The van der Waals surface area contributed by atoms with E-state index in [-0.39, 0.29) is 51.1 Å². The van der Waals surface area contributed by atoms with Crippen LogP contribution >= 0.6 is 0 Å². The summed E-state index contributed by atoms with van der Waals surface area (Å²) in [6.45, 7) is 1.87. The number of benzene rings is 5. The summed E-state index contributed by atoms with van der Waals surface area (Å²) in [5, 5.41) is 40.5. The van der Waals surface area contributed by atoms with Gasteiger partial charge in [-0.3, -0.25) is 19.1 Å². The third kappa shape index (κ3) is 10.2. The van der Waals surface area contributed by atoms with Crippen LogP contribution in [0.5, 0.6) is 11.5 Å². The predicted molar refractivity (Wildman–Crippen MR) is 196 cm³/mol. The van der Waals surface area contributed by atoms with Crippen LogP contribution in [0.2, 0.25) is 0 Å². The molecule has 0 aliphatic carbocycles. The second-order valence-corrected chi connectivity index (χ2v) is 13.8. The molecule has 0 fully saturated rings. The van der Waals surface area contributed by atoms with Gasteiger partial charge in [0.25, 0.3) is 32.4 Å². The minimum Gasteiger partial charge on any atom is -0.504 e. The number of rotatable bonds is 13. The van der Waals surface area contributed by atoms with Gasteiger partial charge in [-0.05, 0) is 96.4 Å². The van der Waals surface area contributed by atoms with Crippen LogP contribution in [0.3, 0.4) is 0 Å². The number of phenolic OH excluding ortho intramolecular Hbond substituents is 1. The van der Waals surface area contributed by atoms with E-state index in [0.29, 0.717) is 27.5 Å². The molecule has 0 spiro atoms. The third-order valence-corrected chi connectivity index (χ3v) is 9.03. The number of aromatic hydroxyl groups is 1. The lowest BCUT2D eigenvalue weighted by Crippen LogP contribution is -2.01. The Kier molecular flexibility index (Phi) is 11.9. The summed E-state index contributed by atoms with van der Waals surface area (Å²) < 4.78 is 72.4. The maximum Gasteiger partial charge on any atom is 0.298 e. The van der Waals surface area contributed by atoms with Gasteiger partial charge in [0.1, 0.15) is 20.3 Å². The van der Waals surface area contributed by atoms with E-state index in [0.717, 1.165) is 12.1 Å². The summed E-state index contributed by atoms with van der Waals surface area (Å²) in [5.74, 6) is -0.299. The Hall–Kier alpha value is -6.73. The van der Waals surface area contributed by atoms with Crippen molar-refractivity contribution in [2.75, 3.05) is 0 Å². The van der Waals surface area contributed by atoms with Gasteiger partial charge in [0.2, 0.25) is 0 Å². The molecule has 0 aromatic heterocycles. The quantitative estimate of drug-likeness (QED) is 0.0221. The highest BCUT2D eigenvalue weighted by molar-refractivity contribution is 7.86. The molecule has 0 atom stereocenters. The van der Waals surface area contributed by atoms with Crippen LogP contribution < -0.4 is 4.74 Å². The number of carbonyl (C=O) groups is 1. The maximum absolute atomic E-state index is 12.3. The average molecular weight is 770 g/mol. The van der Waals surface area contributed by atoms with Crippen molar-refractivity contribution in [2.45, 2.75) is 16.7 Å². The van der Waals surface area contributed by atoms with Crippen molar-refractivity contribution in [3.63, 3.8) is 0 Å². The van der Waals surface area contributed by atoms with Gasteiger partial charge in [-0.25, -0.2) is 0 Å². The molecule has 16 nitrogen and oxygen atoms in total. The number of carbonyl (C=O) groups excluding carboxylic acids is 1. The molecule has 5 aromatic carbocycles. The molecule has 4 N–H and O–H groups in total. The van der Waals surface area contributed by atoms with E-state index in [9.17, 15) is 41.0 Å². The van der Waals surface area contributed by atoms with Crippen molar-refractivity contribution in [1.29, 1.82) is 0 Å².